The standard InChI is InChI=1S/C17H16F3NO4S/c18-17(19,20)13-4-1-3-12(9-13)11-21-26(22,23)14-5-6-15-16(10-14)25-8-2-7-24-15/h1,3-6,9-10,21H,2,7-8,11H2. The third-order valence-electron chi connectivity index (χ3n) is 3.75. The number of benzene rings is 2. The van der Waals surface area contributed by atoms with Crippen molar-refractivity contribution in [2.75, 3.05) is 13.2 Å². The van der Waals surface area contributed by atoms with E-state index < -0.39 is 21.8 Å². The molecule has 1 aliphatic heterocycles. The summed E-state index contributed by atoms with van der Waals surface area (Å²) in [7, 11) is -3.92. The summed E-state index contributed by atoms with van der Waals surface area (Å²) >= 11 is 0. The van der Waals surface area contributed by atoms with Gasteiger partial charge in [-0.1, -0.05) is 18.2 Å². The number of rotatable bonds is 4. The van der Waals surface area contributed by atoms with Crippen LogP contribution in [0.1, 0.15) is 17.5 Å². The largest absolute Gasteiger partial charge is 0.490 e. The molecule has 1 heterocycles. The van der Waals surface area contributed by atoms with E-state index in [1.165, 1.54) is 30.3 Å². The zero-order valence-electron chi connectivity index (χ0n) is 13.5. The molecule has 0 saturated heterocycles. The van der Waals surface area contributed by atoms with Crippen molar-refractivity contribution >= 4 is 10.0 Å². The monoisotopic (exact) mass is 387 g/mol. The predicted octanol–water partition coefficient (Wildman–Crippen LogP) is 3.35. The summed E-state index contributed by atoms with van der Waals surface area (Å²) in [5, 5.41) is 0. The van der Waals surface area contributed by atoms with Crippen molar-refractivity contribution in [2.45, 2.75) is 24.0 Å². The number of hydrogen-bond acceptors (Lipinski definition) is 4. The molecule has 2 aromatic carbocycles. The third kappa shape index (κ3) is 4.28. The molecule has 3 rings (SSSR count). The van der Waals surface area contributed by atoms with E-state index in [2.05, 4.69) is 4.72 Å². The van der Waals surface area contributed by atoms with Gasteiger partial charge in [0.2, 0.25) is 10.0 Å². The maximum absolute atomic E-state index is 12.7. The first-order valence-corrected chi connectivity index (χ1v) is 9.29. The van der Waals surface area contributed by atoms with Crippen molar-refractivity contribution in [3.05, 3.63) is 53.6 Å². The van der Waals surface area contributed by atoms with Gasteiger partial charge in [-0.3, -0.25) is 0 Å². The van der Waals surface area contributed by atoms with Crippen molar-refractivity contribution in [3.8, 4) is 11.5 Å². The fourth-order valence-electron chi connectivity index (χ4n) is 2.43. The minimum absolute atomic E-state index is 0.0475. The lowest BCUT2D eigenvalue weighted by molar-refractivity contribution is -0.137. The van der Waals surface area contributed by atoms with Crippen LogP contribution in [0.5, 0.6) is 11.5 Å². The molecule has 5 nitrogen and oxygen atoms in total. The molecule has 0 bridgehead atoms. The highest BCUT2D eigenvalue weighted by Crippen LogP contribution is 2.32. The van der Waals surface area contributed by atoms with E-state index in [4.69, 9.17) is 9.47 Å². The van der Waals surface area contributed by atoms with Crippen LogP contribution in [0.2, 0.25) is 0 Å². The van der Waals surface area contributed by atoms with Crippen molar-refractivity contribution < 1.29 is 31.1 Å². The Kier molecular flexibility index (Phi) is 5.10. The number of hydrogen-bond donors (Lipinski definition) is 1. The van der Waals surface area contributed by atoms with Crippen molar-refractivity contribution in [1.82, 2.24) is 4.72 Å². The smallest absolute Gasteiger partial charge is 0.416 e. The molecule has 0 fully saturated rings. The Morgan fingerprint density at radius 2 is 1.73 bits per heavy atom. The van der Waals surface area contributed by atoms with Crippen molar-refractivity contribution in [2.24, 2.45) is 0 Å². The van der Waals surface area contributed by atoms with Crippen LogP contribution in [0.25, 0.3) is 0 Å². The highest BCUT2D eigenvalue weighted by molar-refractivity contribution is 7.89. The van der Waals surface area contributed by atoms with Crippen LogP contribution in [0.3, 0.4) is 0 Å². The molecule has 140 valence electrons. The number of alkyl halides is 3. The molecule has 2 aromatic rings. The van der Waals surface area contributed by atoms with Gasteiger partial charge in [-0.2, -0.15) is 13.2 Å². The van der Waals surface area contributed by atoms with Gasteiger partial charge in [-0.05, 0) is 23.8 Å². The van der Waals surface area contributed by atoms with E-state index in [1.54, 1.807) is 0 Å². The van der Waals surface area contributed by atoms with E-state index in [0.29, 0.717) is 31.1 Å². The summed E-state index contributed by atoms with van der Waals surface area (Å²) in [4.78, 5) is -0.0475. The maximum Gasteiger partial charge on any atom is 0.416 e. The Morgan fingerprint density at radius 1 is 1.00 bits per heavy atom. The molecule has 0 saturated carbocycles. The lowest BCUT2D eigenvalue weighted by Crippen LogP contribution is -2.23. The molecular weight excluding hydrogens is 371 g/mol. The Hall–Kier alpha value is -2.26. The number of halogens is 3. The quantitative estimate of drug-likeness (QED) is 0.874. The van der Waals surface area contributed by atoms with E-state index in [0.717, 1.165) is 12.1 Å². The van der Waals surface area contributed by atoms with Gasteiger partial charge >= 0.3 is 6.18 Å². The minimum Gasteiger partial charge on any atom is -0.490 e. The van der Waals surface area contributed by atoms with E-state index >= 15 is 0 Å². The highest BCUT2D eigenvalue weighted by atomic mass is 32.2. The first-order valence-electron chi connectivity index (χ1n) is 7.81. The summed E-state index contributed by atoms with van der Waals surface area (Å²) in [6, 6.07) is 8.71. The van der Waals surface area contributed by atoms with E-state index in [-0.39, 0.29) is 17.0 Å². The van der Waals surface area contributed by atoms with Crippen LogP contribution in [0.15, 0.2) is 47.4 Å². The van der Waals surface area contributed by atoms with Crippen LogP contribution >= 0.6 is 0 Å². The summed E-state index contributed by atoms with van der Waals surface area (Å²) in [6.07, 6.45) is -3.80. The second-order valence-corrected chi connectivity index (χ2v) is 7.45. The highest BCUT2D eigenvalue weighted by Gasteiger charge is 2.30. The molecule has 0 unspecified atom stereocenters. The SMILES string of the molecule is O=S(=O)(NCc1cccc(C(F)(F)F)c1)c1ccc2c(c1)OCCCO2. The number of fused-ring (bicyclic) bond motifs is 1. The molecule has 9 heteroatoms. The van der Waals surface area contributed by atoms with Crippen LogP contribution in [-0.4, -0.2) is 21.6 Å². The van der Waals surface area contributed by atoms with Gasteiger partial charge < -0.3 is 9.47 Å². The van der Waals surface area contributed by atoms with Gasteiger partial charge in [0.25, 0.3) is 0 Å². The van der Waals surface area contributed by atoms with Crippen LogP contribution in [0.4, 0.5) is 13.2 Å². The Labute approximate surface area is 148 Å². The maximum atomic E-state index is 12.7. The van der Waals surface area contributed by atoms with Crippen molar-refractivity contribution in [3.63, 3.8) is 0 Å². The Morgan fingerprint density at radius 3 is 2.46 bits per heavy atom. The second-order valence-electron chi connectivity index (χ2n) is 5.68. The topological polar surface area (TPSA) is 64.6 Å². The number of ether oxygens (including phenoxy) is 2. The lowest BCUT2D eigenvalue weighted by atomic mass is 10.1. The molecule has 26 heavy (non-hydrogen) atoms. The van der Waals surface area contributed by atoms with E-state index in [9.17, 15) is 21.6 Å². The first-order chi connectivity index (χ1) is 12.3. The zero-order valence-corrected chi connectivity index (χ0v) is 14.4. The van der Waals surface area contributed by atoms with Crippen LogP contribution < -0.4 is 14.2 Å². The van der Waals surface area contributed by atoms with Crippen LogP contribution in [0, 0.1) is 0 Å². The summed E-state index contributed by atoms with van der Waals surface area (Å²) < 4.78 is 76.3. The number of sulfonamides is 1. The molecule has 0 aliphatic carbocycles. The normalized spacial score (nSPS) is 14.7. The molecule has 1 aliphatic rings. The van der Waals surface area contributed by atoms with Gasteiger partial charge in [0.1, 0.15) is 0 Å². The average Bonchev–Trinajstić information content (AvgIpc) is 2.84. The second kappa shape index (κ2) is 7.16. The summed E-state index contributed by atoms with van der Waals surface area (Å²) in [5.41, 5.74) is -0.623. The third-order valence-corrected chi connectivity index (χ3v) is 5.15. The summed E-state index contributed by atoms with van der Waals surface area (Å²) in [6.45, 7) is 0.627. The fraction of sp³-hybridized carbons (Fsp3) is 0.294. The fourth-order valence-corrected chi connectivity index (χ4v) is 3.46. The molecule has 0 radical (unpaired) electrons. The van der Waals surface area contributed by atoms with Gasteiger partial charge in [-0.15, -0.1) is 0 Å². The average molecular weight is 387 g/mol. The van der Waals surface area contributed by atoms with Gasteiger partial charge in [0.15, 0.2) is 11.5 Å². The molecule has 0 atom stereocenters. The minimum atomic E-state index is -4.48. The molecule has 0 amide bonds. The van der Waals surface area contributed by atoms with Crippen molar-refractivity contribution in [1.29, 1.82) is 0 Å². The first kappa shape index (κ1) is 18.5. The molecule has 0 spiro atoms. The van der Waals surface area contributed by atoms with Gasteiger partial charge in [-0.25, -0.2) is 13.1 Å². The summed E-state index contributed by atoms with van der Waals surface area (Å²) in [5.74, 6) is 0.781. The van der Waals surface area contributed by atoms with E-state index in [1.807, 2.05) is 0 Å². The number of nitrogens with one attached hydrogen (secondary N) is 1. The van der Waals surface area contributed by atoms with Crippen LogP contribution in [-0.2, 0) is 22.7 Å². The molecule has 1 N–H and O–H groups in total. The lowest BCUT2D eigenvalue weighted by Gasteiger charge is -2.12. The Balaban J connectivity index is 1.76. The van der Waals surface area contributed by atoms with Gasteiger partial charge in [0.05, 0.1) is 23.7 Å². The van der Waals surface area contributed by atoms with Gasteiger partial charge in [0, 0.05) is 19.0 Å². The predicted molar refractivity (Wildman–Crippen MR) is 87.5 cm³/mol. The molecule has 0 aromatic heterocycles. The zero-order chi connectivity index (χ0) is 18.8. The Bertz CT molecular complexity index is 897. The molecular formula is C17H16F3NO4S.